The summed E-state index contributed by atoms with van der Waals surface area (Å²) in [7, 11) is -1.80. The molecule has 0 saturated heterocycles. The summed E-state index contributed by atoms with van der Waals surface area (Å²) in [6.45, 7) is 2.02. The van der Waals surface area contributed by atoms with E-state index in [9.17, 15) is 8.42 Å². The van der Waals surface area contributed by atoms with Crippen LogP contribution in [0.2, 0.25) is 0 Å². The average molecular weight is 335 g/mol. The van der Waals surface area contributed by atoms with E-state index in [1.807, 2.05) is 18.2 Å². The number of rotatable bonds is 8. The highest BCUT2D eigenvalue weighted by molar-refractivity contribution is 7.88. The molecule has 124 valence electrons. The van der Waals surface area contributed by atoms with Crippen molar-refractivity contribution in [3.63, 3.8) is 0 Å². The summed E-state index contributed by atoms with van der Waals surface area (Å²) in [6, 6.07) is 15.9. The number of hydrogen-bond donors (Lipinski definition) is 1. The van der Waals surface area contributed by atoms with Gasteiger partial charge in [0.25, 0.3) is 0 Å². The smallest absolute Gasteiger partial charge is 0.216 e. The van der Waals surface area contributed by atoms with Crippen molar-refractivity contribution in [1.82, 2.24) is 4.72 Å². The Labute approximate surface area is 137 Å². The third kappa shape index (κ3) is 5.92. The second-order valence-electron chi connectivity index (χ2n) is 5.25. The fraction of sp³-hybridized carbons (Fsp3) is 0.294. The molecule has 2 rings (SSSR count). The highest BCUT2D eigenvalue weighted by Gasteiger charge is 2.15. The monoisotopic (exact) mass is 335 g/mol. The van der Waals surface area contributed by atoms with Crippen LogP contribution in [0.4, 0.5) is 0 Å². The van der Waals surface area contributed by atoms with Crippen LogP contribution in [0.3, 0.4) is 0 Å². The number of sulfonamides is 1. The molecule has 2 aromatic rings. The van der Waals surface area contributed by atoms with E-state index in [1.54, 1.807) is 50.4 Å². The van der Waals surface area contributed by atoms with Crippen LogP contribution in [0.1, 0.15) is 12.5 Å². The minimum absolute atomic E-state index is 0.0410. The molecule has 1 atom stereocenters. The minimum Gasteiger partial charge on any atom is -0.497 e. The van der Waals surface area contributed by atoms with Crippen molar-refractivity contribution in [2.45, 2.75) is 18.7 Å². The van der Waals surface area contributed by atoms with Gasteiger partial charge in [0.15, 0.2) is 0 Å². The highest BCUT2D eigenvalue weighted by Crippen LogP contribution is 2.17. The molecule has 0 bridgehead atoms. The lowest BCUT2D eigenvalue weighted by Gasteiger charge is -2.15. The molecule has 23 heavy (non-hydrogen) atoms. The van der Waals surface area contributed by atoms with Crippen molar-refractivity contribution < 1.29 is 17.9 Å². The Kier molecular flexibility index (Phi) is 6.01. The van der Waals surface area contributed by atoms with E-state index in [-0.39, 0.29) is 18.4 Å². The third-order valence-electron chi connectivity index (χ3n) is 3.14. The van der Waals surface area contributed by atoms with Gasteiger partial charge in [-0.25, -0.2) is 13.1 Å². The summed E-state index contributed by atoms with van der Waals surface area (Å²) in [5.41, 5.74) is 0.753. The Bertz CT molecular complexity index is 699. The lowest BCUT2D eigenvalue weighted by molar-refractivity contribution is 0.287. The first-order chi connectivity index (χ1) is 11.0. The number of ether oxygens (including phenoxy) is 2. The first-order valence-electron chi connectivity index (χ1n) is 7.29. The number of benzene rings is 2. The van der Waals surface area contributed by atoms with Crippen molar-refractivity contribution in [3.05, 3.63) is 60.2 Å². The molecule has 0 saturated carbocycles. The van der Waals surface area contributed by atoms with Crippen molar-refractivity contribution in [2.24, 2.45) is 0 Å². The Morgan fingerprint density at radius 1 is 1.00 bits per heavy atom. The van der Waals surface area contributed by atoms with Gasteiger partial charge in [-0.05, 0) is 36.8 Å². The molecule has 0 aliphatic rings. The average Bonchev–Trinajstić information content (AvgIpc) is 2.53. The quantitative estimate of drug-likeness (QED) is 0.805. The summed E-state index contributed by atoms with van der Waals surface area (Å²) in [5.74, 6) is 1.37. The van der Waals surface area contributed by atoms with Crippen LogP contribution in [0.5, 0.6) is 11.5 Å². The van der Waals surface area contributed by atoms with Crippen LogP contribution in [0, 0.1) is 0 Å². The van der Waals surface area contributed by atoms with Crippen molar-refractivity contribution in [2.75, 3.05) is 13.7 Å². The van der Waals surface area contributed by atoms with E-state index in [0.29, 0.717) is 5.75 Å². The van der Waals surface area contributed by atoms with Crippen LogP contribution < -0.4 is 14.2 Å². The van der Waals surface area contributed by atoms with Gasteiger partial charge < -0.3 is 9.47 Å². The Morgan fingerprint density at radius 2 is 1.61 bits per heavy atom. The summed E-state index contributed by atoms with van der Waals surface area (Å²) in [5, 5.41) is 0. The fourth-order valence-corrected chi connectivity index (χ4v) is 3.46. The van der Waals surface area contributed by atoms with Gasteiger partial charge in [0.05, 0.1) is 18.9 Å². The molecule has 1 N–H and O–H groups in total. The van der Waals surface area contributed by atoms with E-state index < -0.39 is 10.0 Å². The van der Waals surface area contributed by atoms with E-state index >= 15 is 0 Å². The molecule has 6 heteroatoms. The fourth-order valence-electron chi connectivity index (χ4n) is 2.07. The van der Waals surface area contributed by atoms with Gasteiger partial charge in [0.1, 0.15) is 18.1 Å². The summed E-state index contributed by atoms with van der Waals surface area (Å²) in [4.78, 5) is 0. The van der Waals surface area contributed by atoms with Gasteiger partial charge in [0.2, 0.25) is 10.0 Å². The van der Waals surface area contributed by atoms with E-state index in [0.717, 1.165) is 11.3 Å². The van der Waals surface area contributed by atoms with Gasteiger partial charge in [-0.15, -0.1) is 0 Å². The third-order valence-corrected chi connectivity index (χ3v) is 4.61. The van der Waals surface area contributed by atoms with Crippen molar-refractivity contribution in [3.8, 4) is 11.5 Å². The molecule has 2 aromatic carbocycles. The molecule has 5 nitrogen and oxygen atoms in total. The number of hydrogen-bond acceptors (Lipinski definition) is 4. The Hall–Kier alpha value is -2.05. The Balaban J connectivity index is 1.84. The SMILES string of the molecule is COc1ccc(OCC(C)NS(=O)(=O)Cc2ccccc2)cc1. The van der Waals surface area contributed by atoms with Crippen molar-refractivity contribution in [1.29, 1.82) is 0 Å². The first kappa shape index (κ1) is 17.3. The summed E-state index contributed by atoms with van der Waals surface area (Å²) in [6.07, 6.45) is 0. The lowest BCUT2D eigenvalue weighted by atomic mass is 10.2. The van der Waals surface area contributed by atoms with Gasteiger partial charge in [-0.1, -0.05) is 30.3 Å². The van der Waals surface area contributed by atoms with E-state index in [2.05, 4.69) is 4.72 Å². The second-order valence-corrected chi connectivity index (χ2v) is 7.00. The van der Waals surface area contributed by atoms with Crippen LogP contribution >= 0.6 is 0 Å². The second kappa shape index (κ2) is 7.99. The standard InChI is InChI=1S/C17H21NO4S/c1-14(12-22-17-10-8-16(21-2)9-11-17)18-23(19,20)13-15-6-4-3-5-7-15/h3-11,14,18H,12-13H2,1-2H3. The molecule has 1 unspecified atom stereocenters. The van der Waals surface area contributed by atoms with Crippen LogP contribution in [0.15, 0.2) is 54.6 Å². The lowest BCUT2D eigenvalue weighted by Crippen LogP contribution is -2.37. The molecule has 0 aliphatic heterocycles. The topological polar surface area (TPSA) is 64.6 Å². The minimum atomic E-state index is -3.40. The zero-order valence-corrected chi connectivity index (χ0v) is 14.0. The maximum atomic E-state index is 12.1. The van der Waals surface area contributed by atoms with Gasteiger partial charge in [-0.2, -0.15) is 0 Å². The predicted octanol–water partition coefficient (Wildman–Crippen LogP) is 2.58. The molecule has 0 amide bonds. The number of methoxy groups -OCH3 is 1. The molecule has 0 heterocycles. The van der Waals surface area contributed by atoms with E-state index in [4.69, 9.17) is 9.47 Å². The predicted molar refractivity (Wildman–Crippen MR) is 90.2 cm³/mol. The molecule has 0 spiro atoms. The van der Waals surface area contributed by atoms with Gasteiger partial charge in [0, 0.05) is 0 Å². The molecular formula is C17H21NO4S. The molecular weight excluding hydrogens is 314 g/mol. The van der Waals surface area contributed by atoms with Crippen LogP contribution in [0.25, 0.3) is 0 Å². The zero-order chi connectivity index (χ0) is 16.7. The molecule has 0 fully saturated rings. The summed E-state index contributed by atoms with van der Waals surface area (Å²) < 4.78 is 37.5. The molecule has 0 aliphatic carbocycles. The van der Waals surface area contributed by atoms with Crippen molar-refractivity contribution >= 4 is 10.0 Å². The largest absolute Gasteiger partial charge is 0.497 e. The summed E-state index contributed by atoms with van der Waals surface area (Å²) >= 11 is 0. The normalized spacial score (nSPS) is 12.6. The first-order valence-corrected chi connectivity index (χ1v) is 8.94. The highest BCUT2D eigenvalue weighted by atomic mass is 32.2. The van der Waals surface area contributed by atoms with Crippen LogP contribution in [-0.2, 0) is 15.8 Å². The Morgan fingerprint density at radius 3 is 2.22 bits per heavy atom. The van der Waals surface area contributed by atoms with Gasteiger partial charge in [-0.3, -0.25) is 0 Å². The maximum Gasteiger partial charge on any atom is 0.216 e. The maximum absolute atomic E-state index is 12.1. The number of nitrogens with one attached hydrogen (secondary N) is 1. The molecule has 0 aromatic heterocycles. The van der Waals surface area contributed by atoms with E-state index in [1.165, 1.54) is 0 Å². The van der Waals surface area contributed by atoms with Crippen LogP contribution in [-0.4, -0.2) is 28.2 Å². The molecule has 0 radical (unpaired) electrons. The zero-order valence-electron chi connectivity index (χ0n) is 13.2. The van der Waals surface area contributed by atoms with Gasteiger partial charge >= 0.3 is 0 Å².